The minimum absolute atomic E-state index is 0.126. The van der Waals surface area contributed by atoms with Gasteiger partial charge in [0.2, 0.25) is 0 Å². The Balaban J connectivity index is 2.00. The molecule has 0 saturated carbocycles. The summed E-state index contributed by atoms with van der Waals surface area (Å²) >= 11 is 0. The number of ether oxygens (including phenoxy) is 1. The summed E-state index contributed by atoms with van der Waals surface area (Å²) in [5.41, 5.74) is -0.126. The van der Waals surface area contributed by atoms with Crippen molar-refractivity contribution in [1.29, 1.82) is 0 Å². The highest BCUT2D eigenvalue weighted by Gasteiger charge is 2.17. The number of nitrogens with one attached hydrogen (secondary N) is 1. The molecule has 0 spiro atoms. The first kappa shape index (κ1) is 10.2. The van der Waals surface area contributed by atoms with Gasteiger partial charge in [-0.25, -0.2) is 4.98 Å². The van der Waals surface area contributed by atoms with Gasteiger partial charge in [-0.2, -0.15) is 0 Å². The van der Waals surface area contributed by atoms with E-state index >= 15 is 0 Å². The highest BCUT2D eigenvalue weighted by atomic mass is 16.5. The van der Waals surface area contributed by atoms with E-state index < -0.39 is 0 Å². The van der Waals surface area contributed by atoms with E-state index in [-0.39, 0.29) is 11.7 Å². The van der Waals surface area contributed by atoms with Crippen LogP contribution in [0.3, 0.4) is 0 Å². The number of rotatable bonds is 3. The van der Waals surface area contributed by atoms with Gasteiger partial charge in [0.05, 0.1) is 12.4 Å². The first-order valence-electron chi connectivity index (χ1n) is 5.13. The smallest absolute Gasteiger partial charge is 0.252 e. The van der Waals surface area contributed by atoms with E-state index in [2.05, 4.69) is 9.97 Å². The third-order valence-corrected chi connectivity index (χ3v) is 2.56. The van der Waals surface area contributed by atoms with Crippen molar-refractivity contribution in [3.63, 3.8) is 0 Å². The largest absolute Gasteiger partial charge is 0.376 e. The van der Waals surface area contributed by atoms with Gasteiger partial charge in [0.1, 0.15) is 5.82 Å². The van der Waals surface area contributed by atoms with E-state index in [1.165, 1.54) is 12.4 Å². The number of hydrogen-bond acceptors (Lipinski definition) is 4. The predicted octanol–water partition coefficient (Wildman–Crippen LogP) is 0.385. The van der Waals surface area contributed by atoms with Crippen LogP contribution in [0.15, 0.2) is 17.2 Å². The van der Waals surface area contributed by atoms with Gasteiger partial charge < -0.3 is 14.6 Å². The second-order valence-electron chi connectivity index (χ2n) is 3.78. The molecule has 0 aliphatic carbocycles. The van der Waals surface area contributed by atoms with Crippen LogP contribution in [0.25, 0.3) is 0 Å². The van der Waals surface area contributed by atoms with E-state index in [9.17, 15) is 4.79 Å². The molecule has 1 fully saturated rings. The highest BCUT2D eigenvalue weighted by Crippen LogP contribution is 2.14. The fourth-order valence-corrected chi connectivity index (χ4v) is 1.75. The van der Waals surface area contributed by atoms with Crippen LogP contribution in [0.4, 0.5) is 5.82 Å². The average molecular weight is 209 g/mol. The van der Waals surface area contributed by atoms with Crippen molar-refractivity contribution < 1.29 is 4.74 Å². The van der Waals surface area contributed by atoms with Gasteiger partial charge in [-0.3, -0.25) is 4.79 Å². The summed E-state index contributed by atoms with van der Waals surface area (Å²) in [6.07, 6.45) is 3.91. The number of nitrogens with zero attached hydrogens (tertiary/aromatic N) is 2. The predicted molar refractivity (Wildman–Crippen MR) is 57.1 cm³/mol. The molecule has 1 aliphatic heterocycles. The molecule has 1 saturated heterocycles. The van der Waals surface area contributed by atoms with Gasteiger partial charge in [-0.1, -0.05) is 0 Å². The van der Waals surface area contributed by atoms with Crippen molar-refractivity contribution in [3.05, 3.63) is 22.7 Å². The Kier molecular flexibility index (Phi) is 3.01. The molecule has 15 heavy (non-hydrogen) atoms. The lowest BCUT2D eigenvalue weighted by molar-refractivity contribution is 0.116. The summed E-state index contributed by atoms with van der Waals surface area (Å²) in [6.45, 7) is 1.64. The molecule has 1 aliphatic rings. The molecule has 0 amide bonds. The van der Waals surface area contributed by atoms with E-state index in [1.54, 1.807) is 0 Å². The van der Waals surface area contributed by atoms with Gasteiger partial charge in [0, 0.05) is 26.3 Å². The van der Waals surface area contributed by atoms with Crippen molar-refractivity contribution in [2.75, 3.05) is 25.1 Å². The second kappa shape index (κ2) is 4.44. The van der Waals surface area contributed by atoms with E-state index in [1.807, 2.05) is 11.9 Å². The molecule has 2 heterocycles. The fourth-order valence-electron chi connectivity index (χ4n) is 1.75. The Labute approximate surface area is 88.1 Å². The van der Waals surface area contributed by atoms with Gasteiger partial charge >= 0.3 is 0 Å². The van der Waals surface area contributed by atoms with Crippen LogP contribution in [0.1, 0.15) is 12.8 Å². The van der Waals surface area contributed by atoms with Crippen LogP contribution in [-0.4, -0.2) is 36.3 Å². The van der Waals surface area contributed by atoms with Crippen LogP contribution in [0, 0.1) is 0 Å². The van der Waals surface area contributed by atoms with Crippen molar-refractivity contribution in [3.8, 4) is 0 Å². The first-order chi connectivity index (χ1) is 7.25. The standard InChI is InChI=1S/C10H15N3O2/c1-13(6-8-3-2-4-15-8)9-5-10(14)12-7-11-9/h5,7-8H,2-4,6H2,1H3,(H,11,12,14). The van der Waals surface area contributed by atoms with E-state index in [0.717, 1.165) is 26.0 Å². The zero-order valence-corrected chi connectivity index (χ0v) is 8.77. The van der Waals surface area contributed by atoms with Gasteiger partial charge in [-0.05, 0) is 12.8 Å². The Morgan fingerprint density at radius 2 is 2.60 bits per heavy atom. The van der Waals surface area contributed by atoms with Crippen molar-refractivity contribution in [2.45, 2.75) is 18.9 Å². The van der Waals surface area contributed by atoms with Crippen molar-refractivity contribution in [1.82, 2.24) is 9.97 Å². The summed E-state index contributed by atoms with van der Waals surface area (Å²) in [4.78, 5) is 19.6. The summed E-state index contributed by atoms with van der Waals surface area (Å²) in [6, 6.07) is 1.49. The molecule has 1 unspecified atom stereocenters. The molecule has 1 atom stereocenters. The molecular formula is C10H15N3O2. The number of anilines is 1. The third-order valence-electron chi connectivity index (χ3n) is 2.56. The van der Waals surface area contributed by atoms with Crippen molar-refractivity contribution >= 4 is 5.82 Å². The number of hydrogen-bond donors (Lipinski definition) is 1. The lowest BCUT2D eigenvalue weighted by Crippen LogP contribution is -2.30. The minimum atomic E-state index is -0.126. The number of aromatic nitrogens is 2. The molecule has 2 rings (SSSR count). The Morgan fingerprint density at radius 1 is 1.73 bits per heavy atom. The molecule has 0 radical (unpaired) electrons. The maximum absolute atomic E-state index is 11.1. The Morgan fingerprint density at radius 3 is 3.27 bits per heavy atom. The number of H-pyrrole nitrogens is 1. The lowest BCUT2D eigenvalue weighted by atomic mass is 10.2. The van der Waals surface area contributed by atoms with Crippen LogP contribution >= 0.6 is 0 Å². The molecular weight excluding hydrogens is 194 g/mol. The number of likely N-dealkylation sites (N-methyl/N-ethyl adjacent to an activating group) is 1. The Hall–Kier alpha value is -1.36. The third kappa shape index (κ3) is 2.56. The van der Waals surface area contributed by atoms with Crippen LogP contribution in [0.2, 0.25) is 0 Å². The van der Waals surface area contributed by atoms with E-state index in [0.29, 0.717) is 5.82 Å². The van der Waals surface area contributed by atoms with Gasteiger partial charge in [0.15, 0.2) is 0 Å². The molecule has 5 heteroatoms. The molecule has 82 valence electrons. The number of aromatic amines is 1. The molecule has 1 N–H and O–H groups in total. The zero-order valence-electron chi connectivity index (χ0n) is 8.77. The summed E-state index contributed by atoms with van der Waals surface area (Å²) in [7, 11) is 1.92. The molecule has 0 bridgehead atoms. The Bertz CT molecular complexity index is 371. The topological polar surface area (TPSA) is 58.2 Å². The lowest BCUT2D eigenvalue weighted by Gasteiger charge is -2.21. The summed E-state index contributed by atoms with van der Waals surface area (Å²) in [5.74, 6) is 0.689. The van der Waals surface area contributed by atoms with Crippen LogP contribution in [0.5, 0.6) is 0 Å². The molecule has 0 aromatic carbocycles. The average Bonchev–Trinajstić information content (AvgIpc) is 2.70. The van der Waals surface area contributed by atoms with E-state index in [4.69, 9.17) is 4.74 Å². The summed E-state index contributed by atoms with van der Waals surface area (Å²) in [5, 5.41) is 0. The SMILES string of the molecule is CN(CC1CCCO1)c1cc(=O)[nH]cn1. The highest BCUT2D eigenvalue weighted by molar-refractivity contribution is 5.35. The minimum Gasteiger partial charge on any atom is -0.376 e. The fraction of sp³-hybridized carbons (Fsp3) is 0.600. The van der Waals surface area contributed by atoms with Gasteiger partial charge in [0.25, 0.3) is 5.56 Å². The first-order valence-corrected chi connectivity index (χ1v) is 5.13. The van der Waals surface area contributed by atoms with Crippen molar-refractivity contribution in [2.24, 2.45) is 0 Å². The normalized spacial score (nSPS) is 20.5. The zero-order chi connectivity index (χ0) is 10.7. The quantitative estimate of drug-likeness (QED) is 0.782. The second-order valence-corrected chi connectivity index (χ2v) is 3.78. The maximum Gasteiger partial charge on any atom is 0.252 e. The molecule has 5 nitrogen and oxygen atoms in total. The molecule has 1 aromatic heterocycles. The van der Waals surface area contributed by atoms with Gasteiger partial charge in [-0.15, -0.1) is 0 Å². The van der Waals surface area contributed by atoms with Crippen LogP contribution in [-0.2, 0) is 4.74 Å². The summed E-state index contributed by atoms with van der Waals surface area (Å²) < 4.78 is 5.52. The van der Waals surface area contributed by atoms with Crippen LogP contribution < -0.4 is 10.5 Å². The molecule has 1 aromatic rings. The maximum atomic E-state index is 11.1. The monoisotopic (exact) mass is 209 g/mol.